The van der Waals surface area contributed by atoms with Crippen LogP contribution in [0.5, 0.6) is 5.75 Å². The van der Waals surface area contributed by atoms with Crippen molar-refractivity contribution in [3.8, 4) is 5.75 Å². The second-order valence-electron chi connectivity index (χ2n) is 4.96. The van der Waals surface area contributed by atoms with E-state index in [0.29, 0.717) is 33.2 Å². The Hall–Kier alpha value is -2.66. The number of halogens is 1. The van der Waals surface area contributed by atoms with Gasteiger partial charge in [-0.25, -0.2) is 0 Å². The number of carbonyl (C=O) groups excluding carboxylic acids is 1. The minimum absolute atomic E-state index is 0.252. The Balaban J connectivity index is 2.03. The SMILES string of the molecule is COc1ccc(C(=O)Nc2cc(Cl)cnc2C)c2cccnc12. The zero-order chi connectivity index (χ0) is 16.4. The Bertz CT molecular complexity index is 896. The van der Waals surface area contributed by atoms with Crippen LogP contribution in [0.25, 0.3) is 10.9 Å². The number of aryl methyl sites for hydroxylation is 1. The van der Waals surface area contributed by atoms with E-state index in [1.165, 1.54) is 0 Å². The molecular formula is C17H14ClN3O2. The monoisotopic (exact) mass is 327 g/mol. The molecule has 0 unspecified atom stereocenters. The molecule has 1 amide bonds. The maximum absolute atomic E-state index is 12.6. The quantitative estimate of drug-likeness (QED) is 0.793. The van der Waals surface area contributed by atoms with Crippen molar-refractivity contribution < 1.29 is 9.53 Å². The molecule has 0 saturated carbocycles. The fourth-order valence-corrected chi connectivity index (χ4v) is 2.49. The van der Waals surface area contributed by atoms with Crippen LogP contribution in [0.1, 0.15) is 16.1 Å². The number of fused-ring (bicyclic) bond motifs is 1. The third-order valence-electron chi connectivity index (χ3n) is 3.50. The first-order valence-corrected chi connectivity index (χ1v) is 7.33. The highest BCUT2D eigenvalue weighted by molar-refractivity contribution is 6.30. The summed E-state index contributed by atoms with van der Waals surface area (Å²) in [5.74, 6) is 0.371. The van der Waals surface area contributed by atoms with E-state index in [2.05, 4.69) is 15.3 Å². The smallest absolute Gasteiger partial charge is 0.256 e. The lowest BCUT2D eigenvalue weighted by Gasteiger charge is -2.11. The van der Waals surface area contributed by atoms with Gasteiger partial charge in [0.25, 0.3) is 5.91 Å². The fraction of sp³-hybridized carbons (Fsp3) is 0.118. The molecule has 0 atom stereocenters. The highest BCUT2D eigenvalue weighted by atomic mass is 35.5. The van der Waals surface area contributed by atoms with E-state index in [-0.39, 0.29) is 5.91 Å². The van der Waals surface area contributed by atoms with E-state index in [1.807, 2.05) is 6.07 Å². The third kappa shape index (κ3) is 2.96. The first-order valence-electron chi connectivity index (χ1n) is 6.95. The topological polar surface area (TPSA) is 64.1 Å². The van der Waals surface area contributed by atoms with Gasteiger partial charge in [-0.15, -0.1) is 0 Å². The molecule has 5 nitrogen and oxygen atoms in total. The highest BCUT2D eigenvalue weighted by Crippen LogP contribution is 2.27. The van der Waals surface area contributed by atoms with Gasteiger partial charge in [-0.05, 0) is 31.2 Å². The van der Waals surface area contributed by atoms with Gasteiger partial charge in [0.15, 0.2) is 0 Å². The van der Waals surface area contributed by atoms with Gasteiger partial charge in [-0.2, -0.15) is 0 Å². The molecular weight excluding hydrogens is 314 g/mol. The molecule has 1 N–H and O–H groups in total. The Kier molecular flexibility index (Phi) is 4.12. The highest BCUT2D eigenvalue weighted by Gasteiger charge is 2.15. The first-order chi connectivity index (χ1) is 11.1. The Morgan fingerprint density at radius 2 is 2.09 bits per heavy atom. The van der Waals surface area contributed by atoms with Crippen LogP contribution in [0.2, 0.25) is 5.02 Å². The lowest BCUT2D eigenvalue weighted by Crippen LogP contribution is -2.14. The van der Waals surface area contributed by atoms with Crippen molar-refractivity contribution in [2.45, 2.75) is 6.92 Å². The van der Waals surface area contributed by atoms with Gasteiger partial charge in [0.1, 0.15) is 11.3 Å². The summed E-state index contributed by atoms with van der Waals surface area (Å²) in [5.41, 5.74) is 2.42. The number of nitrogens with zero attached hydrogens (tertiary/aromatic N) is 2. The van der Waals surface area contributed by atoms with Gasteiger partial charge in [-0.1, -0.05) is 17.7 Å². The van der Waals surface area contributed by atoms with Gasteiger partial charge in [0.2, 0.25) is 0 Å². The molecule has 3 rings (SSSR count). The number of hydrogen-bond donors (Lipinski definition) is 1. The lowest BCUT2D eigenvalue weighted by molar-refractivity contribution is 0.102. The molecule has 2 heterocycles. The number of benzene rings is 1. The van der Waals surface area contributed by atoms with Crippen molar-refractivity contribution in [3.63, 3.8) is 0 Å². The number of ether oxygens (including phenoxy) is 1. The molecule has 3 aromatic rings. The summed E-state index contributed by atoms with van der Waals surface area (Å²) in [5, 5.41) is 4.03. The number of carbonyl (C=O) groups is 1. The molecule has 2 aromatic heterocycles. The molecule has 0 spiro atoms. The van der Waals surface area contributed by atoms with Crippen molar-refractivity contribution in [2.75, 3.05) is 12.4 Å². The van der Waals surface area contributed by atoms with Crippen molar-refractivity contribution in [1.82, 2.24) is 9.97 Å². The maximum atomic E-state index is 12.6. The number of aromatic nitrogens is 2. The largest absolute Gasteiger partial charge is 0.494 e. The molecule has 0 radical (unpaired) electrons. The summed E-state index contributed by atoms with van der Waals surface area (Å²) in [6.07, 6.45) is 3.21. The Labute approximate surface area is 138 Å². The van der Waals surface area contributed by atoms with Crippen LogP contribution in [0.15, 0.2) is 42.7 Å². The molecule has 1 aromatic carbocycles. The molecule has 0 bridgehead atoms. The minimum Gasteiger partial charge on any atom is -0.494 e. The van der Waals surface area contributed by atoms with Gasteiger partial charge < -0.3 is 10.1 Å². The van der Waals surface area contributed by atoms with E-state index < -0.39 is 0 Å². The molecule has 23 heavy (non-hydrogen) atoms. The van der Waals surface area contributed by atoms with E-state index >= 15 is 0 Å². The number of pyridine rings is 2. The van der Waals surface area contributed by atoms with E-state index in [4.69, 9.17) is 16.3 Å². The van der Waals surface area contributed by atoms with Crippen molar-refractivity contribution in [1.29, 1.82) is 0 Å². The zero-order valence-corrected chi connectivity index (χ0v) is 13.4. The molecule has 0 saturated heterocycles. The summed E-state index contributed by atoms with van der Waals surface area (Å²) in [6.45, 7) is 1.81. The molecule has 6 heteroatoms. The van der Waals surface area contributed by atoms with Crippen LogP contribution in [0, 0.1) is 6.92 Å². The zero-order valence-electron chi connectivity index (χ0n) is 12.6. The number of amides is 1. The predicted molar refractivity (Wildman–Crippen MR) is 90.2 cm³/mol. The van der Waals surface area contributed by atoms with Crippen molar-refractivity contribution in [2.24, 2.45) is 0 Å². The van der Waals surface area contributed by atoms with E-state index in [0.717, 1.165) is 5.39 Å². The summed E-state index contributed by atoms with van der Waals surface area (Å²) in [6, 6.07) is 8.73. The predicted octanol–water partition coefficient (Wildman–Crippen LogP) is 3.85. The third-order valence-corrected chi connectivity index (χ3v) is 3.71. The van der Waals surface area contributed by atoms with Crippen LogP contribution < -0.4 is 10.1 Å². The van der Waals surface area contributed by atoms with Gasteiger partial charge in [0.05, 0.1) is 23.5 Å². The van der Waals surface area contributed by atoms with Gasteiger partial charge in [0, 0.05) is 23.3 Å². The van der Waals surface area contributed by atoms with Crippen LogP contribution in [0.4, 0.5) is 5.69 Å². The van der Waals surface area contributed by atoms with Crippen LogP contribution in [0.3, 0.4) is 0 Å². The molecule has 116 valence electrons. The summed E-state index contributed by atoms with van der Waals surface area (Å²) >= 11 is 5.94. The summed E-state index contributed by atoms with van der Waals surface area (Å²) < 4.78 is 5.29. The Morgan fingerprint density at radius 3 is 2.87 bits per heavy atom. The summed E-state index contributed by atoms with van der Waals surface area (Å²) in [4.78, 5) is 21.1. The average Bonchev–Trinajstić information content (AvgIpc) is 2.57. The molecule has 0 aliphatic carbocycles. The number of nitrogens with one attached hydrogen (secondary N) is 1. The standard InChI is InChI=1S/C17H14ClN3O2/c1-10-14(8-11(18)9-20-10)21-17(22)13-5-6-15(23-2)16-12(13)4-3-7-19-16/h3-9H,1-2H3,(H,21,22). The van der Waals surface area contributed by atoms with E-state index in [1.54, 1.807) is 50.7 Å². The Morgan fingerprint density at radius 1 is 1.26 bits per heavy atom. The first kappa shape index (κ1) is 15.2. The maximum Gasteiger partial charge on any atom is 0.256 e. The molecule has 0 aliphatic rings. The van der Waals surface area contributed by atoms with Crippen LogP contribution in [-0.4, -0.2) is 23.0 Å². The number of hydrogen-bond acceptors (Lipinski definition) is 4. The lowest BCUT2D eigenvalue weighted by atomic mass is 10.1. The molecule has 0 aliphatic heterocycles. The minimum atomic E-state index is -0.252. The van der Waals surface area contributed by atoms with Crippen molar-refractivity contribution >= 4 is 34.1 Å². The number of rotatable bonds is 3. The number of methoxy groups -OCH3 is 1. The average molecular weight is 328 g/mol. The van der Waals surface area contributed by atoms with E-state index in [9.17, 15) is 4.79 Å². The van der Waals surface area contributed by atoms with Crippen LogP contribution in [-0.2, 0) is 0 Å². The second-order valence-corrected chi connectivity index (χ2v) is 5.39. The van der Waals surface area contributed by atoms with Crippen LogP contribution >= 0.6 is 11.6 Å². The summed E-state index contributed by atoms with van der Waals surface area (Å²) in [7, 11) is 1.57. The fourth-order valence-electron chi connectivity index (χ4n) is 2.33. The normalized spacial score (nSPS) is 10.6. The van der Waals surface area contributed by atoms with Gasteiger partial charge in [-0.3, -0.25) is 14.8 Å². The number of anilines is 1. The second kappa shape index (κ2) is 6.22. The van der Waals surface area contributed by atoms with Crippen molar-refractivity contribution in [3.05, 3.63) is 59.0 Å². The molecule has 0 fully saturated rings. The van der Waals surface area contributed by atoms with Gasteiger partial charge >= 0.3 is 0 Å².